The molecule has 0 aromatic heterocycles. The third-order valence-electron chi connectivity index (χ3n) is 11.7. The van der Waals surface area contributed by atoms with Crippen LogP contribution in [0.3, 0.4) is 0 Å². The number of nitrogens with one attached hydrogen (secondary N) is 1. The second-order valence-electron chi connectivity index (χ2n) is 14.5. The lowest BCUT2D eigenvalue weighted by Crippen LogP contribution is -2.28. The topological polar surface area (TPSA) is 12.0 Å². The summed E-state index contributed by atoms with van der Waals surface area (Å²) in [6.07, 6.45) is 0. The van der Waals surface area contributed by atoms with Gasteiger partial charge < -0.3 is 5.32 Å². The summed E-state index contributed by atoms with van der Waals surface area (Å²) in [6.45, 7) is 0. The first-order chi connectivity index (χ1) is 26.8. The third-order valence-corrected chi connectivity index (χ3v) is 11.7. The Hall–Kier alpha value is -6.96. The van der Waals surface area contributed by atoms with Crippen molar-refractivity contribution in [3.05, 3.63) is 229 Å². The molecule has 0 saturated heterocycles. The minimum absolute atomic E-state index is 0.438. The Morgan fingerprint density at radius 2 is 0.889 bits per heavy atom. The summed E-state index contributed by atoms with van der Waals surface area (Å²) in [5.74, 6) is 0. The average molecular weight is 686 g/mol. The largest absolute Gasteiger partial charge is 0.355 e. The van der Waals surface area contributed by atoms with Crippen LogP contribution < -0.4 is 5.32 Å². The van der Waals surface area contributed by atoms with E-state index in [4.69, 9.17) is 0 Å². The Morgan fingerprint density at radius 1 is 0.315 bits per heavy atom. The van der Waals surface area contributed by atoms with Crippen LogP contribution in [0, 0.1) is 0 Å². The van der Waals surface area contributed by atoms with Crippen molar-refractivity contribution < 1.29 is 0 Å². The van der Waals surface area contributed by atoms with Crippen LogP contribution in [-0.4, -0.2) is 0 Å². The third kappa shape index (κ3) is 4.58. The van der Waals surface area contributed by atoms with E-state index >= 15 is 0 Å². The van der Waals surface area contributed by atoms with Crippen LogP contribution in [0.1, 0.15) is 22.3 Å². The van der Waals surface area contributed by atoms with Crippen molar-refractivity contribution in [1.82, 2.24) is 0 Å². The van der Waals surface area contributed by atoms with E-state index in [1.165, 1.54) is 87.6 Å². The van der Waals surface area contributed by atoms with Crippen molar-refractivity contribution in [2.75, 3.05) is 5.32 Å². The molecule has 11 rings (SSSR count). The predicted octanol–water partition coefficient (Wildman–Crippen LogP) is 14.1. The zero-order valence-electron chi connectivity index (χ0n) is 29.6. The molecule has 0 fully saturated rings. The van der Waals surface area contributed by atoms with Gasteiger partial charge in [-0.05, 0) is 118 Å². The lowest BCUT2D eigenvalue weighted by molar-refractivity contribution is 0.769. The molecule has 1 nitrogen and oxygen atoms in total. The highest BCUT2D eigenvalue weighted by molar-refractivity contribution is 6.15. The second-order valence-corrected chi connectivity index (χ2v) is 14.5. The van der Waals surface area contributed by atoms with Gasteiger partial charge in [-0.2, -0.15) is 0 Å². The predicted molar refractivity (Wildman–Crippen MR) is 229 cm³/mol. The van der Waals surface area contributed by atoms with E-state index in [-0.39, 0.29) is 0 Å². The lowest BCUT2D eigenvalue weighted by Gasteiger charge is -2.34. The van der Waals surface area contributed by atoms with Gasteiger partial charge in [0.1, 0.15) is 0 Å². The molecule has 0 saturated carbocycles. The van der Waals surface area contributed by atoms with Crippen LogP contribution in [0.2, 0.25) is 0 Å². The summed E-state index contributed by atoms with van der Waals surface area (Å²) < 4.78 is 0. The van der Waals surface area contributed by atoms with Crippen LogP contribution in [0.25, 0.3) is 65.3 Å². The van der Waals surface area contributed by atoms with Gasteiger partial charge >= 0.3 is 0 Å². The summed E-state index contributed by atoms with van der Waals surface area (Å²) >= 11 is 0. The minimum atomic E-state index is -0.438. The highest BCUT2D eigenvalue weighted by atomic mass is 14.9. The van der Waals surface area contributed by atoms with E-state index in [0.29, 0.717) is 0 Å². The van der Waals surface area contributed by atoms with E-state index in [1.54, 1.807) is 0 Å². The Bertz CT molecular complexity index is 3040. The molecule has 0 bridgehead atoms. The van der Waals surface area contributed by atoms with Gasteiger partial charge in [0, 0.05) is 11.4 Å². The maximum atomic E-state index is 3.72. The molecule has 1 heteroatoms. The number of benzene rings is 10. The number of anilines is 2. The molecule has 0 heterocycles. The van der Waals surface area contributed by atoms with Crippen LogP contribution in [0.4, 0.5) is 11.4 Å². The van der Waals surface area contributed by atoms with Crippen molar-refractivity contribution >= 4 is 54.5 Å². The Balaban J connectivity index is 1.05. The maximum absolute atomic E-state index is 3.72. The van der Waals surface area contributed by atoms with Gasteiger partial charge in [0.05, 0.1) is 5.41 Å². The summed E-state index contributed by atoms with van der Waals surface area (Å²) in [5, 5.41) is 13.7. The van der Waals surface area contributed by atoms with Gasteiger partial charge in [-0.15, -0.1) is 0 Å². The van der Waals surface area contributed by atoms with E-state index in [2.05, 4.69) is 212 Å². The van der Waals surface area contributed by atoms with Gasteiger partial charge in [-0.1, -0.05) is 176 Å². The van der Waals surface area contributed by atoms with Crippen molar-refractivity contribution in [2.45, 2.75) is 5.41 Å². The van der Waals surface area contributed by atoms with E-state index < -0.39 is 5.41 Å². The number of hydrogen-bond donors (Lipinski definition) is 1. The molecule has 10 aromatic carbocycles. The van der Waals surface area contributed by atoms with Gasteiger partial charge in [0.2, 0.25) is 0 Å². The summed E-state index contributed by atoms with van der Waals surface area (Å²) in [6, 6.07) is 76.0. The van der Waals surface area contributed by atoms with E-state index in [9.17, 15) is 0 Å². The minimum Gasteiger partial charge on any atom is -0.355 e. The Morgan fingerprint density at radius 3 is 1.72 bits per heavy atom. The monoisotopic (exact) mass is 685 g/mol. The molecule has 0 radical (unpaired) electrons. The van der Waals surface area contributed by atoms with Gasteiger partial charge in [-0.3, -0.25) is 0 Å². The van der Waals surface area contributed by atoms with Crippen LogP contribution >= 0.6 is 0 Å². The molecule has 0 spiro atoms. The first-order valence-corrected chi connectivity index (χ1v) is 18.8. The normalized spacial score (nSPS) is 13.0. The van der Waals surface area contributed by atoms with Crippen LogP contribution in [0.15, 0.2) is 206 Å². The van der Waals surface area contributed by atoms with Crippen molar-refractivity contribution in [1.29, 1.82) is 0 Å². The fourth-order valence-electron chi connectivity index (χ4n) is 9.31. The Labute approximate surface area is 314 Å². The van der Waals surface area contributed by atoms with Crippen molar-refractivity contribution in [2.24, 2.45) is 0 Å². The van der Waals surface area contributed by atoms with Crippen LogP contribution in [-0.2, 0) is 5.41 Å². The van der Waals surface area contributed by atoms with Crippen LogP contribution in [0.5, 0.6) is 0 Å². The average Bonchev–Trinajstić information content (AvgIpc) is 3.55. The lowest BCUT2D eigenvalue weighted by atomic mass is 9.67. The Kier molecular flexibility index (Phi) is 6.84. The molecule has 10 aromatic rings. The molecular weight excluding hydrogens is 651 g/mol. The van der Waals surface area contributed by atoms with Gasteiger partial charge in [0.15, 0.2) is 0 Å². The standard InChI is InChI=1S/C53H35N/c1-2-15-40(16-3-1)53(50-22-8-6-19-47(50)48-20-7-9-23-51(48)53)41-17-10-14-38(32-41)45-21-11-13-37-26-27-39-33-42(30-31-46(39)52(37)45)54-43-29-28-36-25-24-35-12-4-5-18-44(35)49(36)34-43/h1-34,54H. The highest BCUT2D eigenvalue weighted by Gasteiger charge is 2.45. The summed E-state index contributed by atoms with van der Waals surface area (Å²) in [7, 11) is 0. The number of fused-ring (bicyclic) bond motifs is 9. The zero-order chi connectivity index (χ0) is 35.6. The summed E-state index contributed by atoms with van der Waals surface area (Å²) in [5.41, 5.74) is 12.0. The molecule has 0 unspecified atom stereocenters. The second kappa shape index (κ2) is 12.0. The smallest absolute Gasteiger partial charge is 0.0713 e. The van der Waals surface area contributed by atoms with E-state index in [1.807, 2.05) is 0 Å². The van der Waals surface area contributed by atoms with Gasteiger partial charge in [0.25, 0.3) is 0 Å². The van der Waals surface area contributed by atoms with Crippen molar-refractivity contribution in [3.8, 4) is 22.3 Å². The molecule has 0 atom stereocenters. The summed E-state index contributed by atoms with van der Waals surface area (Å²) in [4.78, 5) is 0. The number of hydrogen-bond acceptors (Lipinski definition) is 1. The molecule has 1 aliphatic rings. The van der Waals surface area contributed by atoms with E-state index in [0.717, 1.165) is 11.4 Å². The first kappa shape index (κ1) is 30.6. The molecule has 0 aliphatic heterocycles. The molecule has 1 aliphatic carbocycles. The number of rotatable bonds is 5. The van der Waals surface area contributed by atoms with Gasteiger partial charge in [-0.25, -0.2) is 0 Å². The molecule has 0 amide bonds. The van der Waals surface area contributed by atoms with Crippen molar-refractivity contribution in [3.63, 3.8) is 0 Å². The fourth-order valence-corrected chi connectivity index (χ4v) is 9.31. The zero-order valence-corrected chi connectivity index (χ0v) is 29.6. The maximum Gasteiger partial charge on any atom is 0.0713 e. The first-order valence-electron chi connectivity index (χ1n) is 18.8. The molecule has 252 valence electrons. The fraction of sp³-hybridized carbons (Fsp3) is 0.0189. The highest BCUT2D eigenvalue weighted by Crippen LogP contribution is 2.56. The molecule has 1 N–H and O–H groups in total. The quantitative estimate of drug-likeness (QED) is 0.178. The SMILES string of the molecule is c1ccc(C2(c3cccc(-c4cccc5ccc6cc(Nc7ccc8ccc9ccccc9c8c7)ccc6c45)c3)c3ccccc3-c3ccccc32)cc1. The molecular formula is C53H35N. The molecule has 54 heavy (non-hydrogen) atoms.